The van der Waals surface area contributed by atoms with Gasteiger partial charge in [0.25, 0.3) is 0 Å². The highest BCUT2D eigenvalue weighted by molar-refractivity contribution is 5.86. The first kappa shape index (κ1) is 14.5. The van der Waals surface area contributed by atoms with Gasteiger partial charge in [-0.15, -0.1) is 0 Å². The van der Waals surface area contributed by atoms with E-state index in [0.717, 1.165) is 38.5 Å². The van der Waals surface area contributed by atoms with Gasteiger partial charge in [-0.2, -0.15) is 0 Å². The molecule has 1 aromatic carbocycles. The maximum Gasteiger partial charge on any atom is 0.136 e. The minimum atomic E-state index is 0.0631. The third-order valence-corrected chi connectivity index (χ3v) is 5.26. The van der Waals surface area contributed by atoms with Crippen molar-refractivity contribution in [3.05, 3.63) is 35.9 Å². The number of hydrogen-bond donors (Lipinski definition) is 0. The largest absolute Gasteiger partial charge is 0.299 e. The van der Waals surface area contributed by atoms with E-state index < -0.39 is 0 Å². The van der Waals surface area contributed by atoms with Crippen LogP contribution >= 0.6 is 0 Å². The molecule has 2 unspecified atom stereocenters. The molecule has 2 fully saturated rings. The molecule has 3 rings (SSSR count). The average molecular weight is 284 g/mol. The van der Waals surface area contributed by atoms with E-state index >= 15 is 0 Å². The number of carbonyl (C=O) groups excluding carboxylic acids is 2. The Bertz CT molecular complexity index is 478. The Balaban J connectivity index is 1.94. The van der Waals surface area contributed by atoms with Crippen molar-refractivity contribution in [3.63, 3.8) is 0 Å². The molecule has 0 aliphatic heterocycles. The molecule has 2 nitrogen and oxygen atoms in total. The lowest BCUT2D eigenvalue weighted by atomic mass is 9.66. The number of rotatable bonds is 3. The van der Waals surface area contributed by atoms with Crippen LogP contribution in [0.15, 0.2) is 30.3 Å². The van der Waals surface area contributed by atoms with Gasteiger partial charge in [0, 0.05) is 30.6 Å². The topological polar surface area (TPSA) is 34.1 Å². The molecule has 2 heteroatoms. The van der Waals surface area contributed by atoms with Crippen LogP contribution in [0.1, 0.15) is 62.8 Å². The number of benzene rings is 1. The molecule has 2 aliphatic rings. The molecule has 0 amide bonds. The lowest BCUT2D eigenvalue weighted by Gasteiger charge is -2.36. The fraction of sp³-hybridized carbons (Fsp3) is 0.579. The smallest absolute Gasteiger partial charge is 0.136 e. The average Bonchev–Trinajstić information content (AvgIpc) is 2.52. The Morgan fingerprint density at radius 1 is 0.762 bits per heavy atom. The fourth-order valence-electron chi connectivity index (χ4n) is 4.20. The minimum Gasteiger partial charge on any atom is -0.299 e. The molecule has 112 valence electrons. The molecular formula is C19H24O2. The van der Waals surface area contributed by atoms with E-state index in [1.165, 1.54) is 5.56 Å². The van der Waals surface area contributed by atoms with Crippen molar-refractivity contribution < 1.29 is 9.59 Å². The number of carbonyl (C=O) groups is 2. The number of ketones is 2. The van der Waals surface area contributed by atoms with Crippen LogP contribution in [0.2, 0.25) is 0 Å². The van der Waals surface area contributed by atoms with Gasteiger partial charge in [0.05, 0.1) is 0 Å². The van der Waals surface area contributed by atoms with Crippen molar-refractivity contribution in [2.24, 2.45) is 11.8 Å². The van der Waals surface area contributed by atoms with Gasteiger partial charge in [0.2, 0.25) is 0 Å². The lowest BCUT2D eigenvalue weighted by Crippen LogP contribution is -2.35. The second-order valence-electron chi connectivity index (χ2n) is 6.57. The molecule has 0 heterocycles. The van der Waals surface area contributed by atoms with Crippen molar-refractivity contribution in [2.45, 2.75) is 57.3 Å². The SMILES string of the molecule is O=C1CCCCC1C(c1ccccc1)C1CCCCC1=O. The van der Waals surface area contributed by atoms with Gasteiger partial charge in [-0.1, -0.05) is 43.2 Å². The summed E-state index contributed by atoms with van der Waals surface area (Å²) in [7, 11) is 0. The van der Waals surface area contributed by atoms with Gasteiger partial charge in [0.15, 0.2) is 0 Å². The van der Waals surface area contributed by atoms with E-state index in [1.54, 1.807) is 0 Å². The molecule has 0 saturated heterocycles. The van der Waals surface area contributed by atoms with E-state index in [4.69, 9.17) is 0 Å². The Morgan fingerprint density at radius 2 is 1.29 bits per heavy atom. The van der Waals surface area contributed by atoms with Crippen LogP contribution in [0.3, 0.4) is 0 Å². The second-order valence-corrected chi connectivity index (χ2v) is 6.57. The molecule has 21 heavy (non-hydrogen) atoms. The zero-order chi connectivity index (χ0) is 14.7. The van der Waals surface area contributed by atoms with Crippen molar-refractivity contribution in [1.29, 1.82) is 0 Å². The highest BCUT2D eigenvalue weighted by Crippen LogP contribution is 2.43. The lowest BCUT2D eigenvalue weighted by molar-refractivity contribution is -0.129. The highest BCUT2D eigenvalue weighted by Gasteiger charge is 2.39. The summed E-state index contributed by atoms with van der Waals surface area (Å²) in [4.78, 5) is 24.9. The summed E-state index contributed by atoms with van der Waals surface area (Å²) in [6, 6.07) is 10.3. The monoisotopic (exact) mass is 284 g/mol. The molecule has 1 aromatic rings. The Labute approximate surface area is 126 Å². The third-order valence-electron chi connectivity index (χ3n) is 5.26. The summed E-state index contributed by atoms with van der Waals surface area (Å²) in [5.74, 6) is 1.01. The van der Waals surface area contributed by atoms with Crippen LogP contribution in [0.25, 0.3) is 0 Å². The van der Waals surface area contributed by atoms with Crippen LogP contribution in [0.4, 0.5) is 0 Å². The zero-order valence-electron chi connectivity index (χ0n) is 12.6. The normalized spacial score (nSPS) is 28.4. The van der Waals surface area contributed by atoms with Crippen molar-refractivity contribution in [3.8, 4) is 0 Å². The second kappa shape index (κ2) is 6.55. The summed E-state index contributed by atoms with van der Waals surface area (Å²) >= 11 is 0. The van der Waals surface area contributed by atoms with E-state index in [2.05, 4.69) is 12.1 Å². The van der Waals surface area contributed by atoms with Gasteiger partial charge >= 0.3 is 0 Å². The molecule has 0 radical (unpaired) electrons. The molecule has 0 bridgehead atoms. The maximum atomic E-state index is 12.4. The molecular weight excluding hydrogens is 260 g/mol. The predicted molar refractivity (Wildman–Crippen MR) is 83.1 cm³/mol. The van der Waals surface area contributed by atoms with Crippen molar-refractivity contribution in [2.75, 3.05) is 0 Å². The van der Waals surface area contributed by atoms with Gasteiger partial charge in [-0.3, -0.25) is 9.59 Å². The van der Waals surface area contributed by atoms with E-state index in [9.17, 15) is 9.59 Å². The van der Waals surface area contributed by atoms with Gasteiger partial charge in [0.1, 0.15) is 11.6 Å². The molecule has 0 aromatic heterocycles. The first-order valence-electron chi connectivity index (χ1n) is 8.38. The molecule has 2 aliphatic carbocycles. The summed E-state index contributed by atoms with van der Waals surface area (Å²) in [5, 5.41) is 0. The maximum absolute atomic E-state index is 12.4. The zero-order valence-corrected chi connectivity index (χ0v) is 12.6. The Hall–Kier alpha value is -1.44. The van der Waals surface area contributed by atoms with E-state index in [1.807, 2.05) is 18.2 Å². The van der Waals surface area contributed by atoms with E-state index in [0.29, 0.717) is 24.4 Å². The van der Waals surface area contributed by atoms with Crippen molar-refractivity contribution >= 4 is 11.6 Å². The van der Waals surface area contributed by atoms with Gasteiger partial charge < -0.3 is 0 Å². The molecule has 0 N–H and O–H groups in total. The number of Topliss-reactive ketones (excluding diaryl/α,β-unsaturated/α-hetero) is 2. The van der Waals surface area contributed by atoms with Gasteiger partial charge in [-0.05, 0) is 31.2 Å². The van der Waals surface area contributed by atoms with Crippen molar-refractivity contribution in [1.82, 2.24) is 0 Å². The Morgan fingerprint density at radius 3 is 1.76 bits per heavy atom. The summed E-state index contributed by atoms with van der Waals surface area (Å²) in [5.41, 5.74) is 1.19. The highest BCUT2D eigenvalue weighted by atomic mass is 16.1. The molecule has 2 saturated carbocycles. The molecule has 2 atom stereocenters. The third kappa shape index (κ3) is 3.09. The fourth-order valence-corrected chi connectivity index (χ4v) is 4.20. The first-order valence-corrected chi connectivity index (χ1v) is 8.38. The summed E-state index contributed by atoms with van der Waals surface area (Å²) in [6.07, 6.45) is 7.63. The van der Waals surface area contributed by atoms with Crippen LogP contribution < -0.4 is 0 Å². The van der Waals surface area contributed by atoms with Crippen LogP contribution in [0.5, 0.6) is 0 Å². The predicted octanol–water partition coefficient (Wildman–Crippen LogP) is 4.29. The number of hydrogen-bond acceptors (Lipinski definition) is 2. The minimum absolute atomic E-state index is 0.0631. The molecule has 0 spiro atoms. The van der Waals surface area contributed by atoms with Gasteiger partial charge in [-0.25, -0.2) is 0 Å². The quantitative estimate of drug-likeness (QED) is 0.829. The standard InChI is InChI=1S/C19H24O2/c20-17-12-6-4-10-15(17)19(14-8-2-1-3-9-14)16-11-5-7-13-18(16)21/h1-3,8-9,15-16,19H,4-7,10-13H2. The summed E-state index contributed by atoms with van der Waals surface area (Å²) in [6.45, 7) is 0. The summed E-state index contributed by atoms with van der Waals surface area (Å²) < 4.78 is 0. The first-order chi connectivity index (χ1) is 10.3. The van der Waals surface area contributed by atoms with E-state index in [-0.39, 0.29) is 17.8 Å². The van der Waals surface area contributed by atoms with Crippen LogP contribution in [-0.4, -0.2) is 11.6 Å². The van der Waals surface area contributed by atoms with Crippen LogP contribution in [0, 0.1) is 11.8 Å². The van der Waals surface area contributed by atoms with Crippen LogP contribution in [-0.2, 0) is 9.59 Å². The Kier molecular flexibility index (Phi) is 4.52.